The lowest BCUT2D eigenvalue weighted by molar-refractivity contribution is 0.537. The Kier molecular flexibility index (Phi) is 2.08. The highest BCUT2D eigenvalue weighted by Crippen LogP contribution is 2.42. The molecule has 0 radical (unpaired) electrons. The lowest BCUT2D eigenvalue weighted by Gasteiger charge is -2.19. The molecule has 0 atom stereocenters. The van der Waals surface area contributed by atoms with E-state index >= 15 is 0 Å². The van der Waals surface area contributed by atoms with E-state index in [0.717, 1.165) is 24.8 Å². The van der Waals surface area contributed by atoms with Crippen LogP contribution in [-0.2, 0) is 18.5 Å². The highest BCUT2D eigenvalue weighted by Gasteiger charge is 2.32. The molecule has 0 unspecified atom stereocenters. The molecule has 1 fully saturated rings. The Bertz CT molecular complexity index is 428. The molecule has 2 aliphatic rings. The van der Waals surface area contributed by atoms with Crippen LogP contribution in [0.15, 0.2) is 0 Å². The summed E-state index contributed by atoms with van der Waals surface area (Å²) < 4.78 is 0. The topological polar surface area (TPSA) is 37.8 Å². The SMILES string of the molecule is CC(C)(C)c1nc2c(c(C3CC3)n1)CNC2. The molecule has 3 rings (SSSR count). The lowest BCUT2D eigenvalue weighted by Crippen LogP contribution is -2.18. The fraction of sp³-hybridized carbons (Fsp3) is 0.692. The number of nitrogens with one attached hydrogen (secondary N) is 1. The van der Waals surface area contributed by atoms with Gasteiger partial charge in [0.2, 0.25) is 0 Å². The van der Waals surface area contributed by atoms with Gasteiger partial charge in [-0.2, -0.15) is 0 Å². The van der Waals surface area contributed by atoms with E-state index < -0.39 is 0 Å². The molecule has 2 heterocycles. The Balaban J connectivity index is 2.12. The summed E-state index contributed by atoms with van der Waals surface area (Å²) in [6, 6.07) is 0. The van der Waals surface area contributed by atoms with Crippen LogP contribution < -0.4 is 5.32 Å². The lowest BCUT2D eigenvalue weighted by atomic mass is 9.94. The molecule has 1 saturated carbocycles. The monoisotopic (exact) mass is 217 g/mol. The van der Waals surface area contributed by atoms with Crippen molar-refractivity contribution >= 4 is 0 Å². The van der Waals surface area contributed by atoms with Crippen molar-refractivity contribution in [2.45, 2.75) is 58.0 Å². The van der Waals surface area contributed by atoms with Crippen LogP contribution in [0.3, 0.4) is 0 Å². The van der Waals surface area contributed by atoms with Crippen molar-refractivity contribution in [2.75, 3.05) is 0 Å². The van der Waals surface area contributed by atoms with E-state index in [1.165, 1.54) is 29.8 Å². The van der Waals surface area contributed by atoms with Crippen molar-refractivity contribution in [1.82, 2.24) is 15.3 Å². The molecule has 3 nitrogen and oxygen atoms in total. The summed E-state index contributed by atoms with van der Waals surface area (Å²) in [6.45, 7) is 8.45. The van der Waals surface area contributed by atoms with Gasteiger partial charge in [-0.15, -0.1) is 0 Å². The molecule has 16 heavy (non-hydrogen) atoms. The van der Waals surface area contributed by atoms with Gasteiger partial charge in [-0.25, -0.2) is 9.97 Å². The predicted molar refractivity (Wildman–Crippen MR) is 63.3 cm³/mol. The fourth-order valence-electron chi connectivity index (χ4n) is 2.22. The first-order valence-corrected chi connectivity index (χ1v) is 6.16. The van der Waals surface area contributed by atoms with Gasteiger partial charge in [0.25, 0.3) is 0 Å². The number of rotatable bonds is 1. The minimum atomic E-state index is 0.0568. The second kappa shape index (κ2) is 3.27. The van der Waals surface area contributed by atoms with Gasteiger partial charge >= 0.3 is 0 Å². The van der Waals surface area contributed by atoms with Gasteiger partial charge in [0.15, 0.2) is 0 Å². The largest absolute Gasteiger partial charge is 0.307 e. The molecule has 1 aromatic rings. The Morgan fingerprint density at radius 3 is 2.50 bits per heavy atom. The standard InChI is InChI=1S/C13H19N3/c1-13(2,3)12-15-10-7-14-6-9(10)11(16-12)8-4-5-8/h8,14H,4-7H2,1-3H3. The third-order valence-corrected chi connectivity index (χ3v) is 3.35. The number of nitrogens with zero attached hydrogens (tertiary/aromatic N) is 2. The van der Waals surface area contributed by atoms with Crippen LogP contribution in [0.25, 0.3) is 0 Å². The molecule has 0 amide bonds. The van der Waals surface area contributed by atoms with Gasteiger partial charge in [0.1, 0.15) is 5.82 Å². The second-order valence-corrected chi connectivity index (χ2v) is 5.99. The molecule has 1 N–H and O–H groups in total. The summed E-state index contributed by atoms with van der Waals surface area (Å²) in [5.74, 6) is 1.73. The number of fused-ring (bicyclic) bond motifs is 1. The van der Waals surface area contributed by atoms with Crippen LogP contribution >= 0.6 is 0 Å². The highest BCUT2D eigenvalue weighted by atomic mass is 15.0. The van der Waals surface area contributed by atoms with E-state index in [1.54, 1.807) is 0 Å². The molecule has 1 aromatic heterocycles. The Morgan fingerprint density at radius 2 is 1.88 bits per heavy atom. The average molecular weight is 217 g/mol. The molecular weight excluding hydrogens is 198 g/mol. The van der Waals surface area contributed by atoms with Gasteiger partial charge in [-0.05, 0) is 12.8 Å². The molecule has 0 spiro atoms. The third-order valence-electron chi connectivity index (χ3n) is 3.35. The summed E-state index contributed by atoms with van der Waals surface area (Å²) in [6.07, 6.45) is 2.63. The van der Waals surface area contributed by atoms with E-state index in [1.807, 2.05) is 0 Å². The van der Waals surface area contributed by atoms with E-state index in [4.69, 9.17) is 9.97 Å². The van der Waals surface area contributed by atoms with Crippen molar-refractivity contribution in [3.05, 3.63) is 22.8 Å². The first-order chi connectivity index (χ1) is 7.55. The summed E-state index contributed by atoms with van der Waals surface area (Å²) in [7, 11) is 0. The van der Waals surface area contributed by atoms with Crippen LogP contribution in [0.1, 0.15) is 62.3 Å². The number of aromatic nitrogens is 2. The summed E-state index contributed by atoms with van der Waals surface area (Å²) in [5, 5.41) is 3.39. The van der Waals surface area contributed by atoms with Gasteiger partial charge in [-0.1, -0.05) is 20.8 Å². The van der Waals surface area contributed by atoms with E-state index in [9.17, 15) is 0 Å². The summed E-state index contributed by atoms with van der Waals surface area (Å²) in [5.41, 5.74) is 4.01. The minimum Gasteiger partial charge on any atom is -0.307 e. The van der Waals surface area contributed by atoms with E-state index in [0.29, 0.717) is 0 Å². The van der Waals surface area contributed by atoms with E-state index in [-0.39, 0.29) is 5.41 Å². The van der Waals surface area contributed by atoms with Gasteiger partial charge in [0.05, 0.1) is 11.4 Å². The van der Waals surface area contributed by atoms with Crippen LogP contribution in [0, 0.1) is 0 Å². The normalized spacial score (nSPS) is 19.9. The van der Waals surface area contributed by atoms with E-state index in [2.05, 4.69) is 26.1 Å². The average Bonchev–Trinajstić information content (AvgIpc) is 2.93. The van der Waals surface area contributed by atoms with Crippen LogP contribution in [0.5, 0.6) is 0 Å². The van der Waals surface area contributed by atoms with Crippen molar-refractivity contribution in [3.8, 4) is 0 Å². The molecule has 1 aliphatic carbocycles. The maximum Gasteiger partial charge on any atom is 0.134 e. The zero-order valence-electron chi connectivity index (χ0n) is 10.3. The molecular formula is C13H19N3. The zero-order valence-corrected chi connectivity index (χ0v) is 10.3. The number of hydrogen-bond acceptors (Lipinski definition) is 3. The number of hydrogen-bond donors (Lipinski definition) is 1. The zero-order chi connectivity index (χ0) is 11.3. The first-order valence-electron chi connectivity index (χ1n) is 6.16. The first kappa shape index (κ1) is 10.2. The van der Waals surface area contributed by atoms with Gasteiger partial charge in [0, 0.05) is 30.0 Å². The Hall–Kier alpha value is -0.960. The van der Waals surface area contributed by atoms with Crippen LogP contribution in [-0.4, -0.2) is 9.97 Å². The predicted octanol–water partition coefficient (Wildman–Crippen LogP) is 2.25. The van der Waals surface area contributed by atoms with Crippen molar-refractivity contribution < 1.29 is 0 Å². The molecule has 1 aliphatic heterocycles. The molecule has 0 aromatic carbocycles. The fourth-order valence-corrected chi connectivity index (χ4v) is 2.22. The second-order valence-electron chi connectivity index (χ2n) is 5.99. The Labute approximate surface area is 96.7 Å². The highest BCUT2D eigenvalue weighted by molar-refractivity contribution is 5.34. The molecule has 86 valence electrons. The van der Waals surface area contributed by atoms with Crippen molar-refractivity contribution in [2.24, 2.45) is 0 Å². The summed E-state index contributed by atoms with van der Waals surface area (Å²) >= 11 is 0. The Morgan fingerprint density at radius 1 is 1.12 bits per heavy atom. The minimum absolute atomic E-state index is 0.0568. The quantitative estimate of drug-likeness (QED) is 0.784. The smallest absolute Gasteiger partial charge is 0.134 e. The molecule has 0 saturated heterocycles. The third kappa shape index (κ3) is 1.63. The maximum atomic E-state index is 4.83. The summed E-state index contributed by atoms with van der Waals surface area (Å²) in [4.78, 5) is 9.55. The molecule has 0 bridgehead atoms. The van der Waals surface area contributed by atoms with Gasteiger partial charge in [-0.3, -0.25) is 0 Å². The van der Waals surface area contributed by atoms with Crippen LogP contribution in [0.2, 0.25) is 0 Å². The van der Waals surface area contributed by atoms with Crippen molar-refractivity contribution in [3.63, 3.8) is 0 Å². The van der Waals surface area contributed by atoms with Crippen LogP contribution in [0.4, 0.5) is 0 Å². The van der Waals surface area contributed by atoms with Crippen molar-refractivity contribution in [1.29, 1.82) is 0 Å². The van der Waals surface area contributed by atoms with Gasteiger partial charge < -0.3 is 5.32 Å². The molecule has 3 heteroatoms. The maximum absolute atomic E-state index is 4.83.